The number of nitrogens with zero attached hydrogens (tertiary/aromatic N) is 2. The molecule has 0 aromatic carbocycles. The second-order valence-electron chi connectivity index (χ2n) is 3.18. The molecule has 0 atom stereocenters. The zero-order chi connectivity index (χ0) is 10.4. The summed E-state index contributed by atoms with van der Waals surface area (Å²) in [4.78, 5) is 6.44. The summed E-state index contributed by atoms with van der Waals surface area (Å²) in [6.07, 6.45) is 4.66. The molecule has 0 spiro atoms. The molecular weight excluding hydrogens is 174 g/mol. The van der Waals surface area contributed by atoms with Crippen molar-refractivity contribution in [1.82, 2.24) is 4.98 Å². The molecule has 0 saturated carbocycles. The number of anilines is 2. The molecule has 0 aliphatic carbocycles. The molecule has 0 fully saturated rings. The van der Waals surface area contributed by atoms with Gasteiger partial charge in [0.1, 0.15) is 5.82 Å². The third-order valence-corrected chi connectivity index (χ3v) is 1.94. The Kier molecular flexibility index (Phi) is 3.98. The number of aromatic nitrogens is 1. The maximum Gasteiger partial charge on any atom is 0.128 e. The van der Waals surface area contributed by atoms with E-state index in [2.05, 4.69) is 23.4 Å². The fourth-order valence-electron chi connectivity index (χ4n) is 1.31. The molecule has 0 bridgehead atoms. The molecule has 0 radical (unpaired) electrons. The van der Waals surface area contributed by atoms with Crippen molar-refractivity contribution in [3.63, 3.8) is 0 Å². The van der Waals surface area contributed by atoms with E-state index in [4.69, 9.17) is 5.73 Å². The number of hydrogen-bond acceptors (Lipinski definition) is 3. The van der Waals surface area contributed by atoms with Crippen molar-refractivity contribution < 1.29 is 0 Å². The Hall–Kier alpha value is -1.51. The van der Waals surface area contributed by atoms with Crippen LogP contribution in [0.25, 0.3) is 0 Å². The minimum Gasteiger partial charge on any atom is -0.397 e. The first kappa shape index (κ1) is 10.6. The van der Waals surface area contributed by atoms with E-state index in [0.717, 1.165) is 25.3 Å². The van der Waals surface area contributed by atoms with E-state index in [1.54, 1.807) is 6.20 Å². The summed E-state index contributed by atoms with van der Waals surface area (Å²) in [5.74, 6) is 0.959. The molecule has 0 aliphatic rings. The van der Waals surface area contributed by atoms with Crippen LogP contribution in [0.1, 0.15) is 13.3 Å². The normalized spacial score (nSPS) is 9.79. The summed E-state index contributed by atoms with van der Waals surface area (Å²) in [5, 5.41) is 0. The molecule has 14 heavy (non-hydrogen) atoms. The summed E-state index contributed by atoms with van der Waals surface area (Å²) < 4.78 is 0. The highest BCUT2D eigenvalue weighted by atomic mass is 15.2. The Labute approximate surface area is 85.3 Å². The third-order valence-electron chi connectivity index (χ3n) is 1.94. The van der Waals surface area contributed by atoms with Crippen LogP contribution in [-0.4, -0.2) is 18.1 Å². The van der Waals surface area contributed by atoms with Gasteiger partial charge in [-0.3, -0.25) is 0 Å². The van der Waals surface area contributed by atoms with Gasteiger partial charge in [-0.25, -0.2) is 4.98 Å². The molecule has 0 aliphatic heterocycles. The first-order chi connectivity index (χ1) is 6.77. The van der Waals surface area contributed by atoms with E-state index in [-0.39, 0.29) is 0 Å². The predicted octanol–water partition coefficient (Wildman–Crippen LogP) is 2.07. The summed E-state index contributed by atoms with van der Waals surface area (Å²) in [6, 6.07) is 3.81. The van der Waals surface area contributed by atoms with Crippen LogP contribution in [0.15, 0.2) is 31.0 Å². The van der Waals surface area contributed by atoms with Crippen LogP contribution in [0.3, 0.4) is 0 Å². The van der Waals surface area contributed by atoms with Gasteiger partial charge in [-0.2, -0.15) is 0 Å². The van der Waals surface area contributed by atoms with Crippen LogP contribution >= 0.6 is 0 Å². The van der Waals surface area contributed by atoms with E-state index in [1.165, 1.54) is 0 Å². The lowest BCUT2D eigenvalue weighted by atomic mass is 10.3. The molecule has 76 valence electrons. The Morgan fingerprint density at radius 2 is 2.36 bits per heavy atom. The highest BCUT2D eigenvalue weighted by molar-refractivity contribution is 5.46. The highest BCUT2D eigenvalue weighted by Crippen LogP contribution is 2.12. The molecule has 3 nitrogen and oxygen atoms in total. The molecule has 2 N–H and O–H groups in total. The standard InChI is InChI=1S/C11H17N3/c1-3-7-14(8-4-2)11-6-5-10(12)9-13-11/h3,5-6,9H,1,4,7-8,12H2,2H3. The van der Waals surface area contributed by atoms with Crippen LogP contribution in [-0.2, 0) is 0 Å². The minimum absolute atomic E-state index is 0.698. The fourth-order valence-corrected chi connectivity index (χ4v) is 1.31. The zero-order valence-corrected chi connectivity index (χ0v) is 8.61. The molecule has 0 amide bonds. The Morgan fingerprint density at radius 1 is 1.57 bits per heavy atom. The van der Waals surface area contributed by atoms with Crippen molar-refractivity contribution in [1.29, 1.82) is 0 Å². The van der Waals surface area contributed by atoms with Gasteiger partial charge < -0.3 is 10.6 Å². The van der Waals surface area contributed by atoms with Gasteiger partial charge in [-0.05, 0) is 18.6 Å². The summed E-state index contributed by atoms with van der Waals surface area (Å²) in [5.41, 5.74) is 6.27. The van der Waals surface area contributed by atoms with Gasteiger partial charge in [0.2, 0.25) is 0 Å². The average molecular weight is 191 g/mol. The van der Waals surface area contributed by atoms with Gasteiger partial charge in [0.25, 0.3) is 0 Å². The van der Waals surface area contributed by atoms with Crippen molar-refractivity contribution in [3.8, 4) is 0 Å². The quantitative estimate of drug-likeness (QED) is 0.724. The van der Waals surface area contributed by atoms with Crippen LogP contribution in [0.5, 0.6) is 0 Å². The van der Waals surface area contributed by atoms with Gasteiger partial charge in [-0.15, -0.1) is 6.58 Å². The van der Waals surface area contributed by atoms with Gasteiger partial charge in [0.05, 0.1) is 11.9 Å². The third kappa shape index (κ3) is 2.76. The van der Waals surface area contributed by atoms with E-state index in [1.807, 2.05) is 18.2 Å². The maximum atomic E-state index is 5.57. The first-order valence-electron chi connectivity index (χ1n) is 4.85. The van der Waals surface area contributed by atoms with Crippen molar-refractivity contribution in [3.05, 3.63) is 31.0 Å². The van der Waals surface area contributed by atoms with Crippen molar-refractivity contribution in [2.45, 2.75) is 13.3 Å². The molecule has 0 unspecified atom stereocenters. The van der Waals surface area contributed by atoms with Gasteiger partial charge >= 0.3 is 0 Å². The first-order valence-corrected chi connectivity index (χ1v) is 4.85. The zero-order valence-electron chi connectivity index (χ0n) is 8.61. The lowest BCUT2D eigenvalue weighted by molar-refractivity contribution is 0.803. The molecule has 1 aromatic rings. The molecule has 1 heterocycles. The lowest BCUT2D eigenvalue weighted by Crippen LogP contribution is -2.24. The van der Waals surface area contributed by atoms with Gasteiger partial charge in [0, 0.05) is 13.1 Å². The van der Waals surface area contributed by atoms with E-state index in [9.17, 15) is 0 Å². The molecule has 1 aromatic heterocycles. The average Bonchev–Trinajstić information content (AvgIpc) is 2.19. The summed E-state index contributed by atoms with van der Waals surface area (Å²) in [7, 11) is 0. The van der Waals surface area contributed by atoms with E-state index >= 15 is 0 Å². The maximum absolute atomic E-state index is 5.57. The largest absolute Gasteiger partial charge is 0.397 e. The fraction of sp³-hybridized carbons (Fsp3) is 0.364. The Bertz CT molecular complexity index is 279. The van der Waals surface area contributed by atoms with E-state index < -0.39 is 0 Å². The Balaban J connectivity index is 2.76. The van der Waals surface area contributed by atoms with E-state index in [0.29, 0.717) is 5.69 Å². The number of pyridine rings is 1. The van der Waals surface area contributed by atoms with Crippen LogP contribution in [0, 0.1) is 0 Å². The van der Waals surface area contributed by atoms with Crippen molar-refractivity contribution in [2.24, 2.45) is 0 Å². The smallest absolute Gasteiger partial charge is 0.128 e. The monoisotopic (exact) mass is 191 g/mol. The van der Waals surface area contributed by atoms with Crippen LogP contribution in [0.2, 0.25) is 0 Å². The Morgan fingerprint density at radius 3 is 2.86 bits per heavy atom. The second kappa shape index (κ2) is 5.27. The van der Waals surface area contributed by atoms with Crippen LogP contribution < -0.4 is 10.6 Å². The lowest BCUT2D eigenvalue weighted by Gasteiger charge is -2.21. The number of nitrogen functional groups attached to an aromatic ring is 1. The number of rotatable bonds is 5. The van der Waals surface area contributed by atoms with Gasteiger partial charge in [0.15, 0.2) is 0 Å². The number of hydrogen-bond donors (Lipinski definition) is 1. The highest BCUT2D eigenvalue weighted by Gasteiger charge is 2.03. The predicted molar refractivity (Wildman–Crippen MR) is 61.4 cm³/mol. The minimum atomic E-state index is 0.698. The van der Waals surface area contributed by atoms with Gasteiger partial charge in [-0.1, -0.05) is 13.0 Å². The number of nitrogens with two attached hydrogens (primary N) is 1. The molecule has 3 heteroatoms. The molecule has 0 saturated heterocycles. The van der Waals surface area contributed by atoms with Crippen molar-refractivity contribution >= 4 is 11.5 Å². The van der Waals surface area contributed by atoms with Crippen molar-refractivity contribution in [2.75, 3.05) is 23.7 Å². The summed E-state index contributed by atoms with van der Waals surface area (Å²) >= 11 is 0. The summed E-state index contributed by atoms with van der Waals surface area (Å²) in [6.45, 7) is 7.69. The topological polar surface area (TPSA) is 42.1 Å². The molecular formula is C11H17N3. The second-order valence-corrected chi connectivity index (χ2v) is 3.18. The van der Waals surface area contributed by atoms with Crippen LogP contribution in [0.4, 0.5) is 11.5 Å². The molecule has 1 rings (SSSR count). The SMILES string of the molecule is C=CCN(CCC)c1ccc(N)cn1.